The average molecular weight is 458 g/mol. The Hall–Kier alpha value is -3.48. The highest BCUT2D eigenvalue weighted by atomic mass is 32.2. The van der Waals surface area contributed by atoms with Gasteiger partial charge in [0.25, 0.3) is 0 Å². The summed E-state index contributed by atoms with van der Waals surface area (Å²) in [5, 5.41) is 1.66. The van der Waals surface area contributed by atoms with Gasteiger partial charge in [0.2, 0.25) is 10.0 Å². The summed E-state index contributed by atoms with van der Waals surface area (Å²) in [5.41, 5.74) is 5.27. The van der Waals surface area contributed by atoms with Gasteiger partial charge >= 0.3 is 5.97 Å². The van der Waals surface area contributed by atoms with E-state index in [-0.39, 0.29) is 18.0 Å². The lowest BCUT2D eigenvalue weighted by Gasteiger charge is -2.16. The van der Waals surface area contributed by atoms with E-state index in [9.17, 15) is 13.2 Å². The molecule has 0 atom stereocenters. The van der Waals surface area contributed by atoms with E-state index in [2.05, 4.69) is 0 Å². The van der Waals surface area contributed by atoms with Gasteiger partial charge in [0.05, 0.1) is 17.6 Å². The summed E-state index contributed by atoms with van der Waals surface area (Å²) in [6.45, 7) is 2.45. The molecule has 0 fully saturated rings. The molecular weight excluding hydrogens is 434 g/mol. The van der Waals surface area contributed by atoms with Crippen LogP contribution in [0.1, 0.15) is 27.0 Å². The lowest BCUT2D eigenvalue weighted by atomic mass is 9.89. The van der Waals surface area contributed by atoms with E-state index in [4.69, 9.17) is 4.74 Å². The van der Waals surface area contributed by atoms with E-state index in [1.165, 1.54) is 11.4 Å². The summed E-state index contributed by atoms with van der Waals surface area (Å²) in [5.74, 6) is -0.415. The third-order valence-corrected chi connectivity index (χ3v) is 8.00. The molecule has 0 N–H and O–H groups in total. The molecule has 0 amide bonds. The number of carbonyl (C=O) groups excluding carboxylic acids is 1. The fraction of sp³-hybridized carbons (Fsp3) is 0.148. The molecule has 33 heavy (non-hydrogen) atoms. The zero-order valence-electron chi connectivity index (χ0n) is 18.4. The Kier molecular flexibility index (Phi) is 5.27. The number of ether oxygens (including phenoxy) is 1. The van der Waals surface area contributed by atoms with Crippen molar-refractivity contribution in [2.24, 2.45) is 0 Å². The van der Waals surface area contributed by atoms with Crippen LogP contribution in [-0.4, -0.2) is 25.8 Å². The predicted octanol–water partition coefficient (Wildman–Crippen LogP) is 5.31. The first-order valence-corrected chi connectivity index (χ1v) is 12.1. The Bertz CT molecular complexity index is 1480. The Balaban J connectivity index is 1.71. The number of benzene rings is 4. The number of methoxy groups -OCH3 is 1. The van der Waals surface area contributed by atoms with Gasteiger partial charge in [-0.15, -0.1) is 0 Å². The summed E-state index contributed by atoms with van der Waals surface area (Å²) in [6, 6.07) is 24.3. The molecule has 1 aliphatic heterocycles. The van der Waals surface area contributed by atoms with Crippen molar-refractivity contribution in [1.82, 2.24) is 4.31 Å². The maximum atomic E-state index is 13.4. The largest absolute Gasteiger partial charge is 0.465 e. The van der Waals surface area contributed by atoms with Crippen LogP contribution in [0.15, 0.2) is 83.8 Å². The van der Waals surface area contributed by atoms with Gasteiger partial charge in [-0.05, 0) is 64.2 Å². The average Bonchev–Trinajstić information content (AvgIpc) is 3.27. The van der Waals surface area contributed by atoms with Crippen molar-refractivity contribution in [3.05, 3.63) is 101 Å². The molecule has 0 saturated heterocycles. The molecule has 0 radical (unpaired) electrons. The van der Waals surface area contributed by atoms with Crippen LogP contribution in [0.25, 0.3) is 21.9 Å². The van der Waals surface area contributed by atoms with Crippen molar-refractivity contribution < 1.29 is 17.9 Å². The highest BCUT2D eigenvalue weighted by Gasteiger charge is 2.33. The van der Waals surface area contributed by atoms with Crippen LogP contribution < -0.4 is 0 Å². The van der Waals surface area contributed by atoms with Gasteiger partial charge < -0.3 is 4.74 Å². The van der Waals surface area contributed by atoms with E-state index >= 15 is 0 Å². The highest BCUT2D eigenvalue weighted by molar-refractivity contribution is 7.89. The summed E-state index contributed by atoms with van der Waals surface area (Å²) < 4.78 is 33.4. The van der Waals surface area contributed by atoms with Crippen molar-refractivity contribution in [1.29, 1.82) is 0 Å². The predicted molar refractivity (Wildman–Crippen MR) is 128 cm³/mol. The van der Waals surface area contributed by atoms with Crippen LogP contribution in [0, 0.1) is 6.92 Å². The number of hydrogen-bond donors (Lipinski definition) is 0. The number of aryl methyl sites for hydroxylation is 1. The Labute approximate surface area is 193 Å². The first-order valence-electron chi connectivity index (χ1n) is 10.7. The molecule has 166 valence electrons. The maximum Gasteiger partial charge on any atom is 0.338 e. The SMILES string of the molecule is COC(=O)c1cccc2c(-c3ccccc3)c3c(cc12)CN(S(=O)(=O)c1ccc(C)cc1)C3. The second-order valence-electron chi connectivity index (χ2n) is 8.23. The van der Waals surface area contributed by atoms with Gasteiger partial charge in [0.1, 0.15) is 0 Å². The summed E-state index contributed by atoms with van der Waals surface area (Å²) in [6.07, 6.45) is 0. The monoisotopic (exact) mass is 457 g/mol. The minimum Gasteiger partial charge on any atom is -0.465 e. The van der Waals surface area contributed by atoms with Crippen molar-refractivity contribution in [2.45, 2.75) is 24.9 Å². The van der Waals surface area contributed by atoms with Crippen molar-refractivity contribution in [2.75, 3.05) is 7.11 Å². The number of sulfonamides is 1. The molecule has 4 aromatic carbocycles. The minimum atomic E-state index is -3.67. The van der Waals surface area contributed by atoms with Gasteiger partial charge in [0, 0.05) is 13.1 Å². The molecule has 0 aliphatic carbocycles. The zero-order chi connectivity index (χ0) is 23.2. The molecule has 0 saturated carbocycles. The summed E-state index contributed by atoms with van der Waals surface area (Å²) >= 11 is 0. The molecule has 6 heteroatoms. The molecule has 4 aromatic rings. The third-order valence-electron chi connectivity index (χ3n) is 6.19. The molecule has 5 nitrogen and oxygen atoms in total. The Morgan fingerprint density at radius 1 is 0.879 bits per heavy atom. The van der Waals surface area contributed by atoms with Crippen LogP contribution in [0.4, 0.5) is 0 Å². The number of nitrogens with zero attached hydrogens (tertiary/aromatic N) is 1. The summed E-state index contributed by atoms with van der Waals surface area (Å²) in [4.78, 5) is 12.8. The van der Waals surface area contributed by atoms with Crippen LogP contribution in [0.2, 0.25) is 0 Å². The lowest BCUT2D eigenvalue weighted by Crippen LogP contribution is -2.25. The van der Waals surface area contributed by atoms with Crippen LogP contribution in [0.3, 0.4) is 0 Å². The van der Waals surface area contributed by atoms with Crippen molar-refractivity contribution in [3.8, 4) is 11.1 Å². The van der Waals surface area contributed by atoms with Gasteiger partial charge in [-0.1, -0.05) is 60.2 Å². The number of hydrogen-bond acceptors (Lipinski definition) is 4. The van der Waals surface area contributed by atoms with Crippen LogP contribution in [-0.2, 0) is 27.8 Å². The van der Waals surface area contributed by atoms with E-state index < -0.39 is 16.0 Å². The second-order valence-corrected chi connectivity index (χ2v) is 10.2. The Morgan fingerprint density at radius 3 is 2.30 bits per heavy atom. The number of esters is 1. The molecule has 1 heterocycles. The van der Waals surface area contributed by atoms with Crippen LogP contribution in [0.5, 0.6) is 0 Å². The highest BCUT2D eigenvalue weighted by Crippen LogP contribution is 2.41. The first kappa shape index (κ1) is 21.4. The van der Waals surface area contributed by atoms with Gasteiger partial charge in [0.15, 0.2) is 0 Å². The fourth-order valence-corrected chi connectivity index (χ4v) is 5.91. The molecule has 0 aromatic heterocycles. The van der Waals surface area contributed by atoms with Crippen LogP contribution >= 0.6 is 0 Å². The van der Waals surface area contributed by atoms with Crippen molar-refractivity contribution >= 4 is 26.8 Å². The molecule has 0 unspecified atom stereocenters. The van der Waals surface area contributed by atoms with E-state index in [1.54, 1.807) is 18.2 Å². The van der Waals surface area contributed by atoms with Gasteiger partial charge in [-0.25, -0.2) is 13.2 Å². The third kappa shape index (κ3) is 3.61. The van der Waals surface area contributed by atoms with E-state index in [1.807, 2.05) is 67.6 Å². The minimum absolute atomic E-state index is 0.247. The topological polar surface area (TPSA) is 63.7 Å². The first-order chi connectivity index (χ1) is 15.9. The number of rotatable bonds is 4. The maximum absolute atomic E-state index is 13.4. The quantitative estimate of drug-likeness (QED) is 0.390. The summed E-state index contributed by atoms with van der Waals surface area (Å²) in [7, 11) is -2.31. The molecule has 0 bridgehead atoms. The van der Waals surface area contributed by atoms with Crippen molar-refractivity contribution in [3.63, 3.8) is 0 Å². The lowest BCUT2D eigenvalue weighted by molar-refractivity contribution is 0.0603. The molecule has 1 aliphatic rings. The normalized spacial score (nSPS) is 13.8. The molecule has 0 spiro atoms. The molecular formula is C27H23NO4S. The van der Waals surface area contributed by atoms with E-state index in [0.29, 0.717) is 5.56 Å². The number of fused-ring (bicyclic) bond motifs is 2. The van der Waals surface area contributed by atoms with Gasteiger partial charge in [-0.2, -0.15) is 4.31 Å². The van der Waals surface area contributed by atoms with E-state index in [0.717, 1.165) is 38.6 Å². The second kappa shape index (κ2) is 8.14. The van der Waals surface area contributed by atoms with Gasteiger partial charge in [-0.3, -0.25) is 0 Å². The Morgan fingerprint density at radius 2 is 1.61 bits per heavy atom. The molecule has 5 rings (SSSR count). The fourth-order valence-electron chi connectivity index (χ4n) is 4.52. The smallest absolute Gasteiger partial charge is 0.338 e. The number of carbonyl (C=O) groups is 1. The zero-order valence-corrected chi connectivity index (χ0v) is 19.2. The standard InChI is InChI=1S/C27H23NO4S/c1-18-11-13-21(14-12-18)33(30,31)28-16-20-15-24-22(9-6-10-23(24)27(29)32-2)26(25(20)17-28)19-7-4-3-5-8-19/h3-15H,16-17H2,1-2H3.